The molecule has 1 saturated heterocycles. The van der Waals surface area contributed by atoms with Crippen LogP contribution in [0.5, 0.6) is 5.75 Å². The molecule has 1 aliphatic carbocycles. The fourth-order valence-corrected chi connectivity index (χ4v) is 4.14. The van der Waals surface area contributed by atoms with Gasteiger partial charge in [0.2, 0.25) is 0 Å². The summed E-state index contributed by atoms with van der Waals surface area (Å²) in [7, 11) is 0. The van der Waals surface area contributed by atoms with Crippen LogP contribution in [0.3, 0.4) is 0 Å². The molecule has 2 aliphatic rings. The van der Waals surface area contributed by atoms with Gasteiger partial charge in [0, 0.05) is 30.5 Å². The van der Waals surface area contributed by atoms with Crippen molar-refractivity contribution >= 4 is 0 Å². The maximum atomic E-state index is 10.4. The summed E-state index contributed by atoms with van der Waals surface area (Å²) in [5.41, 5.74) is 1.07. The molecule has 4 unspecified atom stereocenters. The van der Waals surface area contributed by atoms with Crippen LogP contribution in [-0.2, 0) is 4.74 Å². The van der Waals surface area contributed by atoms with Crippen LogP contribution in [0.2, 0.25) is 0 Å². The van der Waals surface area contributed by atoms with E-state index in [1.807, 2.05) is 38.1 Å². The second-order valence-electron chi connectivity index (χ2n) is 7.70. The van der Waals surface area contributed by atoms with E-state index in [2.05, 4.69) is 19.2 Å². The van der Waals surface area contributed by atoms with Gasteiger partial charge in [-0.25, -0.2) is 0 Å². The number of nitrogens with one attached hydrogen (secondary N) is 1. The maximum Gasteiger partial charge on any atom is 0.119 e. The zero-order valence-corrected chi connectivity index (χ0v) is 14.6. The van der Waals surface area contributed by atoms with Crippen molar-refractivity contribution in [3.05, 3.63) is 29.8 Å². The molecule has 1 aromatic rings. The lowest BCUT2D eigenvalue weighted by Gasteiger charge is -2.55. The maximum absolute atomic E-state index is 10.4. The molecule has 4 heteroatoms. The Hall–Kier alpha value is -1.10. The molecule has 0 spiro atoms. The Morgan fingerprint density at radius 2 is 2.00 bits per heavy atom. The zero-order chi connectivity index (χ0) is 16.6. The topological polar surface area (TPSA) is 50.7 Å². The van der Waals surface area contributed by atoms with Crippen molar-refractivity contribution in [2.75, 3.05) is 13.2 Å². The van der Waals surface area contributed by atoms with Crippen molar-refractivity contribution < 1.29 is 14.6 Å². The Balaban J connectivity index is 1.54. The highest BCUT2D eigenvalue weighted by molar-refractivity contribution is 5.29. The Bertz CT molecular complexity index is 526. The number of aliphatic hydroxyl groups excluding tert-OH is 1. The third-order valence-corrected chi connectivity index (χ3v) is 5.27. The highest BCUT2D eigenvalue weighted by Gasteiger charge is 2.58. The number of hydrogen-bond acceptors (Lipinski definition) is 4. The monoisotopic (exact) mass is 319 g/mol. The molecule has 1 aliphatic heterocycles. The van der Waals surface area contributed by atoms with Crippen LogP contribution in [0.15, 0.2) is 24.3 Å². The van der Waals surface area contributed by atoms with Gasteiger partial charge in [0.05, 0.1) is 18.3 Å². The molecular formula is C19H29NO3. The fourth-order valence-electron chi connectivity index (χ4n) is 4.14. The summed E-state index contributed by atoms with van der Waals surface area (Å²) in [6.07, 6.45) is 1.17. The molecule has 2 N–H and O–H groups in total. The third-order valence-electron chi connectivity index (χ3n) is 5.27. The minimum Gasteiger partial charge on any atom is -0.491 e. The number of ether oxygens (including phenoxy) is 2. The van der Waals surface area contributed by atoms with Gasteiger partial charge < -0.3 is 19.9 Å². The van der Waals surface area contributed by atoms with E-state index in [1.165, 1.54) is 0 Å². The van der Waals surface area contributed by atoms with Crippen LogP contribution in [0.1, 0.15) is 45.8 Å². The van der Waals surface area contributed by atoms with Crippen molar-refractivity contribution in [2.24, 2.45) is 11.3 Å². The van der Waals surface area contributed by atoms with Crippen molar-refractivity contribution in [2.45, 2.75) is 58.5 Å². The first kappa shape index (κ1) is 16.7. The number of hydrogen-bond donors (Lipinski definition) is 2. The average Bonchev–Trinajstić information content (AvgIpc) is 2.94. The van der Waals surface area contributed by atoms with Gasteiger partial charge in [-0.3, -0.25) is 0 Å². The standard InChI is InChI=1S/C19H29NO3/c1-12(2)23-14-7-5-13(6-8-14)16(21)11-20-17-15-9-10-22-18(15)19(17,3)4/h5-8,12,15-18,20-21H,9-11H2,1-4H3. The van der Waals surface area contributed by atoms with Gasteiger partial charge in [-0.2, -0.15) is 0 Å². The summed E-state index contributed by atoms with van der Waals surface area (Å²) in [6, 6.07) is 8.15. The van der Waals surface area contributed by atoms with Gasteiger partial charge in [-0.1, -0.05) is 26.0 Å². The molecule has 4 nitrogen and oxygen atoms in total. The fraction of sp³-hybridized carbons (Fsp3) is 0.684. The van der Waals surface area contributed by atoms with Crippen LogP contribution >= 0.6 is 0 Å². The average molecular weight is 319 g/mol. The SMILES string of the molecule is CC(C)Oc1ccc(C(O)CNC2C3CCOC3C2(C)C)cc1. The predicted molar refractivity (Wildman–Crippen MR) is 90.6 cm³/mol. The molecule has 23 heavy (non-hydrogen) atoms. The van der Waals surface area contributed by atoms with E-state index >= 15 is 0 Å². The summed E-state index contributed by atoms with van der Waals surface area (Å²) in [4.78, 5) is 0. The third kappa shape index (κ3) is 3.25. The van der Waals surface area contributed by atoms with Gasteiger partial charge in [0.1, 0.15) is 5.75 Å². The second-order valence-corrected chi connectivity index (χ2v) is 7.70. The van der Waals surface area contributed by atoms with Crippen molar-refractivity contribution in [3.63, 3.8) is 0 Å². The predicted octanol–water partition coefficient (Wildman–Crippen LogP) is 2.91. The Morgan fingerprint density at radius 1 is 1.30 bits per heavy atom. The molecule has 1 aromatic carbocycles. The Labute approximate surface area is 139 Å². The Morgan fingerprint density at radius 3 is 2.65 bits per heavy atom. The Kier molecular flexibility index (Phi) is 4.68. The molecule has 0 radical (unpaired) electrons. The lowest BCUT2D eigenvalue weighted by molar-refractivity contribution is -0.114. The second kappa shape index (κ2) is 6.42. The highest BCUT2D eigenvalue weighted by Crippen LogP contribution is 2.52. The molecule has 1 saturated carbocycles. The number of benzene rings is 1. The lowest BCUT2D eigenvalue weighted by atomic mass is 9.57. The van der Waals surface area contributed by atoms with E-state index in [0.717, 1.165) is 24.3 Å². The van der Waals surface area contributed by atoms with Crippen molar-refractivity contribution in [1.82, 2.24) is 5.32 Å². The van der Waals surface area contributed by atoms with E-state index in [-0.39, 0.29) is 11.5 Å². The normalized spacial score (nSPS) is 29.9. The largest absolute Gasteiger partial charge is 0.491 e. The van der Waals surface area contributed by atoms with E-state index in [9.17, 15) is 5.11 Å². The van der Waals surface area contributed by atoms with Gasteiger partial charge in [-0.05, 0) is 38.0 Å². The van der Waals surface area contributed by atoms with Crippen LogP contribution in [-0.4, -0.2) is 36.5 Å². The molecule has 0 aromatic heterocycles. The molecule has 1 heterocycles. The van der Waals surface area contributed by atoms with E-state index < -0.39 is 6.10 Å². The van der Waals surface area contributed by atoms with Gasteiger partial charge >= 0.3 is 0 Å². The molecule has 0 bridgehead atoms. The van der Waals surface area contributed by atoms with Crippen LogP contribution in [0.4, 0.5) is 0 Å². The quantitative estimate of drug-likeness (QED) is 0.846. The summed E-state index contributed by atoms with van der Waals surface area (Å²) in [6.45, 7) is 9.96. The summed E-state index contributed by atoms with van der Waals surface area (Å²) in [5.74, 6) is 1.44. The number of fused-ring (bicyclic) bond motifs is 1. The van der Waals surface area contributed by atoms with E-state index in [1.54, 1.807) is 0 Å². The minimum atomic E-state index is -0.500. The van der Waals surface area contributed by atoms with Gasteiger partial charge in [0.15, 0.2) is 0 Å². The van der Waals surface area contributed by atoms with Crippen LogP contribution in [0.25, 0.3) is 0 Å². The zero-order valence-electron chi connectivity index (χ0n) is 14.6. The number of aliphatic hydroxyl groups is 1. The van der Waals surface area contributed by atoms with Crippen LogP contribution < -0.4 is 10.1 Å². The molecule has 3 rings (SSSR count). The first-order valence-electron chi connectivity index (χ1n) is 8.69. The molecule has 4 atom stereocenters. The summed E-state index contributed by atoms with van der Waals surface area (Å²) < 4.78 is 11.5. The molecular weight excluding hydrogens is 290 g/mol. The van der Waals surface area contributed by atoms with Gasteiger partial charge in [0.25, 0.3) is 0 Å². The molecule has 0 amide bonds. The molecule has 128 valence electrons. The number of rotatable bonds is 6. The van der Waals surface area contributed by atoms with E-state index in [4.69, 9.17) is 9.47 Å². The summed E-state index contributed by atoms with van der Waals surface area (Å²) in [5, 5.41) is 14.0. The first-order chi connectivity index (χ1) is 10.9. The van der Waals surface area contributed by atoms with Crippen molar-refractivity contribution in [3.8, 4) is 5.75 Å². The van der Waals surface area contributed by atoms with Crippen molar-refractivity contribution in [1.29, 1.82) is 0 Å². The van der Waals surface area contributed by atoms with E-state index in [0.29, 0.717) is 24.6 Å². The smallest absolute Gasteiger partial charge is 0.119 e. The van der Waals surface area contributed by atoms with Gasteiger partial charge in [-0.15, -0.1) is 0 Å². The van der Waals surface area contributed by atoms with Crippen LogP contribution in [0, 0.1) is 11.3 Å². The summed E-state index contributed by atoms with van der Waals surface area (Å²) >= 11 is 0. The minimum absolute atomic E-state index is 0.149. The highest BCUT2D eigenvalue weighted by atomic mass is 16.5. The first-order valence-corrected chi connectivity index (χ1v) is 8.69. The molecule has 2 fully saturated rings. The lowest BCUT2D eigenvalue weighted by Crippen LogP contribution is -2.66.